The molecule has 1 amide bonds. The number of nitro benzene ring substituents is 1. The molecular weight excluding hydrogens is 310 g/mol. The first-order valence-corrected chi connectivity index (χ1v) is 6.60. The summed E-state index contributed by atoms with van der Waals surface area (Å²) >= 11 is 5.72. The fourth-order valence-electron chi connectivity index (χ4n) is 1.86. The van der Waals surface area contributed by atoms with Crippen LogP contribution in [0, 0.1) is 10.1 Å². The van der Waals surface area contributed by atoms with Gasteiger partial charge in [0.25, 0.3) is 11.6 Å². The van der Waals surface area contributed by atoms with Crippen LogP contribution in [-0.4, -0.2) is 22.9 Å². The molecule has 0 spiro atoms. The number of halogens is 1. The number of aromatic nitrogens is 1. The minimum atomic E-state index is -0.647. The van der Waals surface area contributed by atoms with E-state index < -0.39 is 10.8 Å². The summed E-state index contributed by atoms with van der Waals surface area (Å²) in [4.78, 5) is 26.5. The van der Waals surface area contributed by atoms with Crippen molar-refractivity contribution < 1.29 is 14.5 Å². The van der Waals surface area contributed by atoms with E-state index in [0.29, 0.717) is 11.4 Å². The van der Waals surface area contributed by atoms with Gasteiger partial charge in [-0.1, -0.05) is 17.7 Å². The number of nitro groups is 1. The predicted molar refractivity (Wildman–Crippen MR) is 80.1 cm³/mol. The molecule has 8 heteroatoms. The largest absolute Gasteiger partial charge is 0.481 e. The number of rotatable bonds is 5. The summed E-state index contributed by atoms with van der Waals surface area (Å²) in [6.07, 6.45) is 1.56. The van der Waals surface area contributed by atoms with Gasteiger partial charge in [-0.15, -0.1) is 0 Å². The highest BCUT2D eigenvalue weighted by Gasteiger charge is 2.20. The first-order chi connectivity index (χ1) is 10.5. The molecule has 0 radical (unpaired) electrons. The average molecular weight is 322 g/mol. The summed E-state index contributed by atoms with van der Waals surface area (Å²) in [6, 6.07) is 7.32. The molecule has 0 saturated carbocycles. The third-order valence-corrected chi connectivity index (χ3v) is 3.12. The van der Waals surface area contributed by atoms with Crippen LogP contribution in [0.25, 0.3) is 0 Å². The van der Waals surface area contributed by atoms with Crippen LogP contribution in [0.4, 0.5) is 5.69 Å². The zero-order chi connectivity index (χ0) is 16.1. The maximum atomic E-state index is 12.1. The number of ether oxygens (including phenoxy) is 1. The number of carbonyl (C=O) groups is 1. The van der Waals surface area contributed by atoms with Crippen LogP contribution >= 0.6 is 11.6 Å². The lowest BCUT2D eigenvalue weighted by atomic mass is 10.1. The maximum Gasteiger partial charge on any atom is 0.283 e. The second-order valence-corrected chi connectivity index (χ2v) is 4.71. The van der Waals surface area contributed by atoms with Gasteiger partial charge in [-0.05, 0) is 18.2 Å². The van der Waals surface area contributed by atoms with Gasteiger partial charge in [-0.25, -0.2) is 4.98 Å². The second kappa shape index (κ2) is 6.86. The molecule has 0 saturated heterocycles. The number of carbonyl (C=O) groups excluding carboxylic acids is 1. The summed E-state index contributed by atoms with van der Waals surface area (Å²) in [7, 11) is 1.47. The third kappa shape index (κ3) is 3.50. The predicted octanol–water partition coefficient (Wildman–Crippen LogP) is 2.58. The van der Waals surface area contributed by atoms with E-state index in [9.17, 15) is 14.9 Å². The highest BCUT2D eigenvalue weighted by Crippen LogP contribution is 2.23. The number of methoxy groups -OCH3 is 1. The van der Waals surface area contributed by atoms with Crippen molar-refractivity contribution in [2.45, 2.75) is 6.54 Å². The molecule has 1 aromatic carbocycles. The van der Waals surface area contributed by atoms with Crippen LogP contribution in [0.3, 0.4) is 0 Å². The van der Waals surface area contributed by atoms with Crippen LogP contribution in [0.1, 0.15) is 15.9 Å². The SMILES string of the molecule is COc1ncccc1CNC(=O)c1ccc(Cl)cc1[N+](=O)[O-]. The first kappa shape index (κ1) is 15.7. The summed E-state index contributed by atoms with van der Waals surface area (Å²) < 4.78 is 5.07. The van der Waals surface area contributed by atoms with Gasteiger partial charge in [-0.3, -0.25) is 14.9 Å². The molecule has 0 fully saturated rings. The zero-order valence-electron chi connectivity index (χ0n) is 11.6. The minimum absolute atomic E-state index is 0.0581. The van der Waals surface area contributed by atoms with E-state index in [0.717, 1.165) is 6.07 Å². The summed E-state index contributed by atoms with van der Waals surface area (Å²) in [5.74, 6) is -0.192. The van der Waals surface area contributed by atoms with Crippen molar-refractivity contribution in [1.29, 1.82) is 0 Å². The zero-order valence-corrected chi connectivity index (χ0v) is 12.3. The highest BCUT2D eigenvalue weighted by molar-refractivity contribution is 6.31. The van der Waals surface area contributed by atoms with Gasteiger partial charge in [0.15, 0.2) is 0 Å². The molecule has 114 valence electrons. The molecule has 22 heavy (non-hydrogen) atoms. The van der Waals surface area contributed by atoms with E-state index in [1.54, 1.807) is 18.3 Å². The second-order valence-electron chi connectivity index (χ2n) is 4.27. The van der Waals surface area contributed by atoms with Gasteiger partial charge in [0, 0.05) is 29.4 Å². The molecule has 0 aliphatic heterocycles. The van der Waals surface area contributed by atoms with Gasteiger partial charge in [0.2, 0.25) is 5.88 Å². The highest BCUT2D eigenvalue weighted by atomic mass is 35.5. The lowest BCUT2D eigenvalue weighted by Gasteiger charge is -2.09. The Morgan fingerprint density at radius 3 is 2.91 bits per heavy atom. The molecule has 2 aromatic rings. The molecule has 1 heterocycles. The van der Waals surface area contributed by atoms with Gasteiger partial charge in [0.05, 0.1) is 12.0 Å². The van der Waals surface area contributed by atoms with Crippen molar-refractivity contribution in [3.8, 4) is 5.88 Å². The fraction of sp³-hybridized carbons (Fsp3) is 0.143. The Balaban J connectivity index is 2.18. The van der Waals surface area contributed by atoms with Crippen molar-refractivity contribution in [3.05, 3.63) is 62.8 Å². The van der Waals surface area contributed by atoms with Gasteiger partial charge in [-0.2, -0.15) is 0 Å². The average Bonchev–Trinajstić information content (AvgIpc) is 2.52. The molecule has 7 nitrogen and oxygen atoms in total. The van der Waals surface area contributed by atoms with Crippen molar-refractivity contribution in [1.82, 2.24) is 10.3 Å². The lowest BCUT2D eigenvalue weighted by molar-refractivity contribution is -0.385. The number of nitrogens with one attached hydrogen (secondary N) is 1. The molecule has 0 aliphatic carbocycles. The molecule has 1 N–H and O–H groups in total. The smallest absolute Gasteiger partial charge is 0.283 e. The fourth-order valence-corrected chi connectivity index (χ4v) is 2.03. The summed E-state index contributed by atoms with van der Waals surface area (Å²) in [5.41, 5.74) is 0.260. The summed E-state index contributed by atoms with van der Waals surface area (Å²) in [5, 5.41) is 13.8. The lowest BCUT2D eigenvalue weighted by Crippen LogP contribution is -2.24. The summed E-state index contributed by atoms with van der Waals surface area (Å²) in [6.45, 7) is 0.135. The van der Waals surface area contributed by atoms with E-state index in [2.05, 4.69) is 10.3 Å². The van der Waals surface area contributed by atoms with Crippen LogP contribution in [0.15, 0.2) is 36.5 Å². The molecule has 0 atom stereocenters. The van der Waals surface area contributed by atoms with E-state index in [4.69, 9.17) is 16.3 Å². The number of pyridine rings is 1. The van der Waals surface area contributed by atoms with Gasteiger partial charge in [0.1, 0.15) is 5.56 Å². The Kier molecular flexibility index (Phi) is 4.90. The molecule has 0 aliphatic rings. The Bertz CT molecular complexity index is 721. The first-order valence-electron chi connectivity index (χ1n) is 6.23. The Hall–Kier alpha value is -2.67. The molecule has 0 bridgehead atoms. The van der Waals surface area contributed by atoms with Crippen molar-refractivity contribution in [2.75, 3.05) is 7.11 Å². The molecule has 0 unspecified atom stereocenters. The molecular formula is C14H12ClN3O4. The van der Waals surface area contributed by atoms with Crippen molar-refractivity contribution >= 4 is 23.2 Å². The normalized spacial score (nSPS) is 10.1. The topological polar surface area (TPSA) is 94.4 Å². The third-order valence-electron chi connectivity index (χ3n) is 2.88. The van der Waals surface area contributed by atoms with E-state index in [1.807, 2.05) is 0 Å². The number of benzene rings is 1. The van der Waals surface area contributed by atoms with Crippen LogP contribution in [-0.2, 0) is 6.54 Å². The standard InChI is InChI=1S/C14H12ClN3O4/c1-22-14-9(3-2-6-16-14)8-17-13(19)11-5-4-10(15)7-12(11)18(20)21/h2-7H,8H2,1H3,(H,17,19). The van der Waals surface area contributed by atoms with Crippen LogP contribution in [0.2, 0.25) is 5.02 Å². The monoisotopic (exact) mass is 321 g/mol. The van der Waals surface area contributed by atoms with E-state index >= 15 is 0 Å². The van der Waals surface area contributed by atoms with Crippen LogP contribution in [0.5, 0.6) is 5.88 Å². The van der Waals surface area contributed by atoms with Crippen LogP contribution < -0.4 is 10.1 Å². The van der Waals surface area contributed by atoms with E-state index in [1.165, 1.54) is 19.2 Å². The number of amides is 1. The quantitative estimate of drug-likeness (QED) is 0.674. The Morgan fingerprint density at radius 2 is 2.23 bits per heavy atom. The minimum Gasteiger partial charge on any atom is -0.481 e. The van der Waals surface area contributed by atoms with Crippen molar-refractivity contribution in [2.24, 2.45) is 0 Å². The molecule has 1 aromatic heterocycles. The van der Waals surface area contributed by atoms with E-state index in [-0.39, 0.29) is 22.8 Å². The number of hydrogen-bond acceptors (Lipinski definition) is 5. The van der Waals surface area contributed by atoms with Gasteiger partial charge >= 0.3 is 0 Å². The Morgan fingerprint density at radius 1 is 1.45 bits per heavy atom. The number of nitrogens with zero attached hydrogens (tertiary/aromatic N) is 2. The Labute approximate surface area is 131 Å². The maximum absolute atomic E-state index is 12.1. The molecule has 2 rings (SSSR count). The number of hydrogen-bond donors (Lipinski definition) is 1. The van der Waals surface area contributed by atoms with Gasteiger partial charge < -0.3 is 10.1 Å². The van der Waals surface area contributed by atoms with Crippen molar-refractivity contribution in [3.63, 3.8) is 0 Å².